The molecule has 0 unspecified atom stereocenters. The maximum Gasteiger partial charge on any atom is 0.324 e. The van der Waals surface area contributed by atoms with Crippen LogP contribution in [0.2, 0.25) is 0 Å². The summed E-state index contributed by atoms with van der Waals surface area (Å²) < 4.78 is 0. The Hall–Kier alpha value is -2.22. The van der Waals surface area contributed by atoms with Gasteiger partial charge in [-0.05, 0) is 12.1 Å². The average molecular weight is 256 g/mol. The first-order valence-electron chi connectivity index (χ1n) is 4.41. The SMILES string of the molecule is O=C(O)CNC(=O)/C=C/c1ccc([N+](=O)[O-])s1. The Morgan fingerprint density at radius 2 is 2.24 bits per heavy atom. The van der Waals surface area contributed by atoms with Crippen molar-refractivity contribution in [3.63, 3.8) is 0 Å². The molecule has 0 atom stereocenters. The molecular formula is C9H8N2O5S. The maximum absolute atomic E-state index is 11.1. The third kappa shape index (κ3) is 4.43. The van der Waals surface area contributed by atoms with E-state index in [4.69, 9.17) is 5.11 Å². The fraction of sp³-hybridized carbons (Fsp3) is 0.111. The number of nitro groups is 1. The summed E-state index contributed by atoms with van der Waals surface area (Å²) in [6.45, 7) is -0.465. The largest absolute Gasteiger partial charge is 0.480 e. The molecule has 0 spiro atoms. The van der Waals surface area contributed by atoms with Crippen molar-refractivity contribution in [3.05, 3.63) is 33.2 Å². The fourth-order valence-electron chi connectivity index (χ4n) is 0.909. The molecule has 0 fully saturated rings. The van der Waals surface area contributed by atoms with Crippen LogP contribution in [-0.2, 0) is 9.59 Å². The number of carbonyl (C=O) groups is 2. The zero-order valence-corrected chi connectivity index (χ0v) is 9.27. The molecule has 1 heterocycles. The molecule has 0 aliphatic rings. The molecule has 0 saturated heterocycles. The lowest BCUT2D eigenvalue weighted by atomic mass is 10.4. The van der Waals surface area contributed by atoms with Crippen molar-refractivity contribution in [1.29, 1.82) is 0 Å². The molecule has 0 radical (unpaired) electrons. The summed E-state index contributed by atoms with van der Waals surface area (Å²) in [7, 11) is 0. The van der Waals surface area contributed by atoms with E-state index in [1.54, 1.807) is 0 Å². The minimum atomic E-state index is -1.14. The second-order valence-electron chi connectivity index (χ2n) is 2.88. The fourth-order valence-corrected chi connectivity index (χ4v) is 1.63. The Morgan fingerprint density at radius 1 is 1.53 bits per heavy atom. The zero-order chi connectivity index (χ0) is 12.8. The molecule has 0 aliphatic heterocycles. The van der Waals surface area contributed by atoms with Crippen LogP contribution in [0, 0.1) is 10.1 Å². The lowest BCUT2D eigenvalue weighted by molar-refractivity contribution is -0.380. The van der Waals surface area contributed by atoms with Crippen molar-refractivity contribution in [2.24, 2.45) is 0 Å². The van der Waals surface area contributed by atoms with Crippen molar-refractivity contribution < 1.29 is 19.6 Å². The van der Waals surface area contributed by atoms with Gasteiger partial charge in [-0.3, -0.25) is 19.7 Å². The summed E-state index contributed by atoms with van der Waals surface area (Å²) in [5.74, 6) is -1.71. The number of thiophene rings is 1. The average Bonchev–Trinajstić information content (AvgIpc) is 2.72. The highest BCUT2D eigenvalue weighted by Gasteiger charge is 2.07. The number of carboxylic acids is 1. The Morgan fingerprint density at radius 3 is 2.76 bits per heavy atom. The highest BCUT2D eigenvalue weighted by atomic mass is 32.1. The number of amides is 1. The molecule has 1 aromatic heterocycles. The van der Waals surface area contributed by atoms with Gasteiger partial charge in [-0.25, -0.2) is 0 Å². The van der Waals surface area contributed by atoms with Crippen LogP contribution in [0.1, 0.15) is 4.88 Å². The van der Waals surface area contributed by atoms with E-state index < -0.39 is 23.3 Å². The van der Waals surface area contributed by atoms with Crippen molar-refractivity contribution in [2.45, 2.75) is 0 Å². The first kappa shape index (κ1) is 12.8. The van der Waals surface area contributed by atoms with E-state index in [1.165, 1.54) is 18.2 Å². The number of hydrogen-bond donors (Lipinski definition) is 2. The molecule has 90 valence electrons. The van der Waals surface area contributed by atoms with E-state index in [2.05, 4.69) is 5.32 Å². The van der Waals surface area contributed by atoms with E-state index in [-0.39, 0.29) is 5.00 Å². The van der Waals surface area contributed by atoms with Gasteiger partial charge in [0.2, 0.25) is 5.91 Å². The summed E-state index contributed by atoms with van der Waals surface area (Å²) in [5, 5.41) is 20.8. The topological polar surface area (TPSA) is 110 Å². The van der Waals surface area contributed by atoms with Crippen LogP contribution in [0.25, 0.3) is 6.08 Å². The van der Waals surface area contributed by atoms with Gasteiger partial charge in [-0.15, -0.1) is 0 Å². The van der Waals surface area contributed by atoms with Crippen molar-refractivity contribution >= 4 is 34.3 Å². The van der Waals surface area contributed by atoms with Gasteiger partial charge < -0.3 is 10.4 Å². The van der Waals surface area contributed by atoms with Gasteiger partial charge >= 0.3 is 11.0 Å². The molecule has 0 bridgehead atoms. The van der Waals surface area contributed by atoms with E-state index in [0.29, 0.717) is 4.88 Å². The molecule has 1 rings (SSSR count). The normalized spacial score (nSPS) is 10.4. The smallest absolute Gasteiger partial charge is 0.324 e. The quantitative estimate of drug-likeness (QED) is 0.461. The Balaban J connectivity index is 2.55. The maximum atomic E-state index is 11.1. The first-order chi connectivity index (χ1) is 7.99. The summed E-state index contributed by atoms with van der Waals surface area (Å²) in [6.07, 6.45) is 2.51. The number of carboxylic acid groups (broad SMARTS) is 1. The number of nitrogens with one attached hydrogen (secondary N) is 1. The van der Waals surface area contributed by atoms with Gasteiger partial charge in [-0.1, -0.05) is 11.3 Å². The van der Waals surface area contributed by atoms with E-state index in [1.807, 2.05) is 0 Å². The van der Waals surface area contributed by atoms with Gasteiger partial charge in [0.25, 0.3) is 0 Å². The predicted molar refractivity (Wildman–Crippen MR) is 60.7 cm³/mol. The minimum absolute atomic E-state index is 0.0180. The highest BCUT2D eigenvalue weighted by Crippen LogP contribution is 2.24. The number of carbonyl (C=O) groups excluding carboxylic acids is 1. The molecule has 17 heavy (non-hydrogen) atoms. The molecule has 8 heteroatoms. The number of rotatable bonds is 5. The lowest BCUT2D eigenvalue weighted by Crippen LogP contribution is -2.27. The summed E-state index contributed by atoms with van der Waals surface area (Å²) >= 11 is 0.925. The number of nitrogens with zero attached hydrogens (tertiary/aromatic N) is 1. The van der Waals surface area contributed by atoms with Gasteiger partial charge in [0.05, 0.1) is 4.92 Å². The van der Waals surface area contributed by atoms with Crippen molar-refractivity contribution in [1.82, 2.24) is 5.32 Å². The second kappa shape index (κ2) is 5.75. The van der Waals surface area contributed by atoms with Gasteiger partial charge in [0.1, 0.15) is 6.54 Å². The predicted octanol–water partition coefficient (Wildman–Crippen LogP) is 0.870. The van der Waals surface area contributed by atoms with Crippen molar-refractivity contribution in [3.8, 4) is 0 Å². The summed E-state index contributed by atoms with van der Waals surface area (Å²) in [6, 6.07) is 2.84. The molecule has 0 aliphatic carbocycles. The number of aliphatic carboxylic acids is 1. The molecule has 2 N–H and O–H groups in total. The molecular weight excluding hydrogens is 248 g/mol. The van der Waals surface area contributed by atoms with Crippen LogP contribution < -0.4 is 5.32 Å². The van der Waals surface area contributed by atoms with Gasteiger partial charge in [-0.2, -0.15) is 0 Å². The van der Waals surface area contributed by atoms with Gasteiger partial charge in [0, 0.05) is 17.0 Å². The molecule has 0 aromatic carbocycles. The Labute approximate surface area is 99.5 Å². The molecule has 0 saturated carbocycles. The highest BCUT2D eigenvalue weighted by molar-refractivity contribution is 7.16. The van der Waals surface area contributed by atoms with E-state index in [0.717, 1.165) is 17.4 Å². The van der Waals surface area contributed by atoms with Gasteiger partial charge in [0.15, 0.2) is 0 Å². The summed E-state index contributed by atoms with van der Waals surface area (Å²) in [5.41, 5.74) is 0. The minimum Gasteiger partial charge on any atom is -0.480 e. The van der Waals surface area contributed by atoms with Crippen LogP contribution in [-0.4, -0.2) is 28.5 Å². The van der Waals surface area contributed by atoms with Crippen LogP contribution in [0.15, 0.2) is 18.2 Å². The van der Waals surface area contributed by atoms with E-state index in [9.17, 15) is 19.7 Å². The Bertz CT molecular complexity index is 479. The molecule has 7 nitrogen and oxygen atoms in total. The van der Waals surface area contributed by atoms with Crippen molar-refractivity contribution in [2.75, 3.05) is 6.54 Å². The van der Waals surface area contributed by atoms with Crippen LogP contribution in [0.5, 0.6) is 0 Å². The third-order valence-corrected chi connectivity index (χ3v) is 2.61. The monoisotopic (exact) mass is 256 g/mol. The standard InChI is InChI=1S/C9H8N2O5S/c12-7(10-5-9(13)14)3-1-6-2-4-8(17-6)11(15)16/h1-4H,5H2,(H,10,12)(H,13,14)/b3-1+. The third-order valence-electron chi connectivity index (χ3n) is 1.61. The lowest BCUT2D eigenvalue weighted by Gasteiger charge is -1.94. The van der Waals surface area contributed by atoms with Crippen LogP contribution >= 0.6 is 11.3 Å². The molecule has 1 amide bonds. The number of hydrogen-bond acceptors (Lipinski definition) is 5. The van der Waals surface area contributed by atoms with Crippen LogP contribution in [0.3, 0.4) is 0 Å². The Kier molecular flexibility index (Phi) is 4.35. The van der Waals surface area contributed by atoms with Crippen LogP contribution in [0.4, 0.5) is 5.00 Å². The van der Waals surface area contributed by atoms with E-state index >= 15 is 0 Å². The second-order valence-corrected chi connectivity index (χ2v) is 3.97. The molecule has 1 aromatic rings. The first-order valence-corrected chi connectivity index (χ1v) is 5.22. The summed E-state index contributed by atoms with van der Waals surface area (Å²) in [4.78, 5) is 31.6. The zero-order valence-electron chi connectivity index (χ0n) is 8.45.